The van der Waals surface area contributed by atoms with Gasteiger partial charge in [0.2, 0.25) is 11.8 Å². The van der Waals surface area contributed by atoms with Gasteiger partial charge in [-0.25, -0.2) is 0 Å². The van der Waals surface area contributed by atoms with Crippen LogP contribution in [0.3, 0.4) is 0 Å². The number of rotatable bonds is 12. The van der Waals surface area contributed by atoms with Gasteiger partial charge in [0.15, 0.2) is 0 Å². The number of amides is 2. The van der Waals surface area contributed by atoms with Gasteiger partial charge in [-0.15, -0.1) is 0 Å². The number of nitrogens with one attached hydrogen (secondary N) is 1. The van der Waals surface area contributed by atoms with E-state index in [1.807, 2.05) is 32.0 Å². The molecule has 4 atom stereocenters. The van der Waals surface area contributed by atoms with E-state index in [1.165, 1.54) is 0 Å². The lowest BCUT2D eigenvalue weighted by molar-refractivity contribution is -0.142. The van der Waals surface area contributed by atoms with Crippen molar-refractivity contribution in [3.63, 3.8) is 0 Å². The minimum atomic E-state index is -1.05. The van der Waals surface area contributed by atoms with Crippen molar-refractivity contribution in [1.29, 1.82) is 0 Å². The number of aliphatic hydroxyl groups excluding tert-OH is 2. The van der Waals surface area contributed by atoms with Gasteiger partial charge in [0, 0.05) is 37.4 Å². The predicted octanol–water partition coefficient (Wildman–Crippen LogP) is 0.989. The van der Waals surface area contributed by atoms with E-state index >= 15 is 0 Å². The number of hydrogen-bond acceptors (Lipinski definition) is 7. The largest absolute Gasteiger partial charge is 0.486 e. The van der Waals surface area contributed by atoms with Gasteiger partial charge in [-0.2, -0.15) is 0 Å². The highest BCUT2D eigenvalue weighted by Crippen LogP contribution is 2.47. The van der Waals surface area contributed by atoms with Crippen LogP contribution in [-0.2, 0) is 19.1 Å². The summed E-state index contributed by atoms with van der Waals surface area (Å²) in [5.74, 6) is -0.512. The fourth-order valence-corrected chi connectivity index (χ4v) is 4.46. The van der Waals surface area contributed by atoms with Crippen LogP contribution in [0.5, 0.6) is 5.75 Å². The van der Waals surface area contributed by atoms with Gasteiger partial charge in [0.05, 0.1) is 24.7 Å². The molecule has 34 heavy (non-hydrogen) atoms. The van der Waals surface area contributed by atoms with Crippen LogP contribution in [0.2, 0.25) is 0 Å². The number of para-hydroxylation sites is 1. The van der Waals surface area contributed by atoms with Crippen LogP contribution in [-0.4, -0.2) is 90.8 Å². The van der Waals surface area contributed by atoms with Crippen molar-refractivity contribution in [3.8, 4) is 5.75 Å². The molecule has 188 valence electrons. The first kappa shape index (κ1) is 26.2. The van der Waals surface area contributed by atoms with Gasteiger partial charge in [-0.3, -0.25) is 9.59 Å². The summed E-state index contributed by atoms with van der Waals surface area (Å²) in [6.07, 6.45) is 0.520. The third kappa shape index (κ3) is 5.96. The molecule has 2 amide bonds. The monoisotopic (exact) mass is 476 g/mol. The minimum Gasteiger partial charge on any atom is -0.486 e. The van der Waals surface area contributed by atoms with E-state index in [0.29, 0.717) is 37.5 Å². The number of hydrogen-bond donors (Lipinski definition) is 3. The van der Waals surface area contributed by atoms with Crippen LogP contribution in [0.1, 0.15) is 38.7 Å². The molecule has 1 aromatic rings. The topological polar surface area (TPSA) is 118 Å². The molecule has 0 radical (unpaired) electrons. The maximum atomic E-state index is 13.1. The Hall–Kier alpha value is -2.46. The number of nitrogens with zero attached hydrogens (tertiary/aromatic N) is 1. The molecular formula is C25H36N2O7. The molecule has 1 aromatic carbocycles. The summed E-state index contributed by atoms with van der Waals surface area (Å²) in [5, 5.41) is 23.3. The zero-order chi connectivity index (χ0) is 24.7. The second-order valence-electron chi connectivity index (χ2n) is 8.68. The summed E-state index contributed by atoms with van der Waals surface area (Å²) in [6.45, 7) is 6.64. The molecule has 3 N–H and O–H groups in total. The standard InChI is InChI=1S/C25H36N2O7/c1-4-32-15-21(29)27(11-7-13-33-16(2)3)19-14-18(25(31)26-10-12-28)22-17-8-5-6-9-20(17)34-24(22)23(19)30/h5-6,8-9,14,16,19,22-24,28,30H,4,7,10-13,15H2,1-3H3,(H,26,31)/t19-,22+,23+,24+/m1/s1. The van der Waals surface area contributed by atoms with Crippen molar-refractivity contribution in [2.24, 2.45) is 0 Å². The molecule has 1 aliphatic heterocycles. The van der Waals surface area contributed by atoms with Gasteiger partial charge in [-0.1, -0.05) is 18.2 Å². The fourth-order valence-electron chi connectivity index (χ4n) is 4.46. The summed E-state index contributed by atoms with van der Waals surface area (Å²) in [4.78, 5) is 27.7. The molecule has 0 aromatic heterocycles. The van der Waals surface area contributed by atoms with Crippen molar-refractivity contribution in [3.05, 3.63) is 41.5 Å². The summed E-state index contributed by atoms with van der Waals surface area (Å²) in [7, 11) is 0. The molecule has 9 nitrogen and oxygen atoms in total. The molecule has 1 heterocycles. The molecular weight excluding hydrogens is 440 g/mol. The molecule has 2 aliphatic rings. The van der Waals surface area contributed by atoms with Crippen molar-refractivity contribution in [2.75, 3.05) is 39.5 Å². The second kappa shape index (κ2) is 12.3. The molecule has 0 bridgehead atoms. The van der Waals surface area contributed by atoms with E-state index in [0.717, 1.165) is 5.56 Å². The number of ether oxygens (including phenoxy) is 3. The van der Waals surface area contributed by atoms with Crippen LogP contribution in [0.4, 0.5) is 0 Å². The Morgan fingerprint density at radius 2 is 2.03 bits per heavy atom. The Labute approximate surface area is 200 Å². The molecule has 0 unspecified atom stereocenters. The van der Waals surface area contributed by atoms with Gasteiger partial charge in [0.25, 0.3) is 0 Å². The van der Waals surface area contributed by atoms with Crippen LogP contribution in [0.25, 0.3) is 0 Å². The van der Waals surface area contributed by atoms with Crippen molar-refractivity contribution in [1.82, 2.24) is 10.2 Å². The average molecular weight is 477 g/mol. The number of carbonyl (C=O) groups excluding carboxylic acids is 2. The number of carbonyl (C=O) groups is 2. The zero-order valence-electron chi connectivity index (χ0n) is 20.1. The van der Waals surface area contributed by atoms with Crippen LogP contribution < -0.4 is 10.1 Å². The van der Waals surface area contributed by atoms with Crippen molar-refractivity contribution < 1.29 is 34.0 Å². The molecule has 0 saturated heterocycles. The van der Waals surface area contributed by atoms with E-state index < -0.39 is 24.2 Å². The molecule has 0 saturated carbocycles. The fraction of sp³-hybridized carbons (Fsp3) is 0.600. The van der Waals surface area contributed by atoms with E-state index in [4.69, 9.17) is 14.2 Å². The Bertz CT molecular complexity index is 873. The van der Waals surface area contributed by atoms with Gasteiger partial charge in [0.1, 0.15) is 24.6 Å². The maximum Gasteiger partial charge on any atom is 0.249 e. The molecule has 0 fully saturated rings. The Morgan fingerprint density at radius 3 is 2.74 bits per heavy atom. The summed E-state index contributed by atoms with van der Waals surface area (Å²) >= 11 is 0. The van der Waals surface area contributed by atoms with E-state index in [9.17, 15) is 19.8 Å². The lowest BCUT2D eigenvalue weighted by Gasteiger charge is -2.40. The van der Waals surface area contributed by atoms with E-state index in [2.05, 4.69) is 5.32 Å². The third-order valence-corrected chi connectivity index (χ3v) is 5.98. The summed E-state index contributed by atoms with van der Waals surface area (Å²) in [5.41, 5.74) is 1.22. The van der Waals surface area contributed by atoms with Crippen LogP contribution in [0, 0.1) is 0 Å². The molecule has 9 heteroatoms. The average Bonchev–Trinajstić information content (AvgIpc) is 3.22. The molecule has 0 spiro atoms. The lowest BCUT2D eigenvalue weighted by atomic mass is 9.77. The van der Waals surface area contributed by atoms with Gasteiger partial charge >= 0.3 is 0 Å². The van der Waals surface area contributed by atoms with Crippen molar-refractivity contribution >= 4 is 11.8 Å². The maximum absolute atomic E-state index is 13.1. The number of aliphatic hydroxyl groups is 2. The van der Waals surface area contributed by atoms with Crippen molar-refractivity contribution in [2.45, 2.75) is 57.5 Å². The number of benzene rings is 1. The number of fused-ring (bicyclic) bond motifs is 3. The third-order valence-electron chi connectivity index (χ3n) is 5.98. The van der Waals surface area contributed by atoms with Gasteiger partial charge < -0.3 is 34.6 Å². The second-order valence-corrected chi connectivity index (χ2v) is 8.68. The molecule has 3 rings (SSSR count). The summed E-state index contributed by atoms with van der Waals surface area (Å²) in [6, 6.07) is 6.60. The SMILES string of the molecule is CCOCC(=O)N(CCCOC(C)C)[C@@H]1C=C(C(=O)NCCO)[C@@H]2c3ccccc3O[C@@H]2[C@H]1O. The van der Waals surface area contributed by atoms with E-state index in [1.54, 1.807) is 24.0 Å². The van der Waals surface area contributed by atoms with Crippen LogP contribution >= 0.6 is 0 Å². The Morgan fingerprint density at radius 1 is 1.26 bits per heavy atom. The highest BCUT2D eigenvalue weighted by molar-refractivity contribution is 5.96. The van der Waals surface area contributed by atoms with Crippen LogP contribution in [0.15, 0.2) is 35.9 Å². The predicted molar refractivity (Wildman–Crippen MR) is 125 cm³/mol. The normalized spacial score (nSPS) is 23.1. The Kier molecular flexibility index (Phi) is 9.46. The highest BCUT2D eigenvalue weighted by Gasteiger charge is 2.50. The summed E-state index contributed by atoms with van der Waals surface area (Å²) < 4.78 is 17.1. The quantitative estimate of drug-likeness (QED) is 0.385. The van der Waals surface area contributed by atoms with E-state index in [-0.39, 0.29) is 37.7 Å². The lowest BCUT2D eigenvalue weighted by Crippen LogP contribution is -2.56. The highest BCUT2D eigenvalue weighted by atomic mass is 16.5. The Balaban J connectivity index is 1.93. The molecule has 1 aliphatic carbocycles. The van der Waals surface area contributed by atoms with Gasteiger partial charge in [-0.05, 0) is 39.3 Å². The first-order valence-electron chi connectivity index (χ1n) is 11.9. The first-order valence-corrected chi connectivity index (χ1v) is 11.9. The first-order chi connectivity index (χ1) is 16.4. The zero-order valence-corrected chi connectivity index (χ0v) is 20.1. The smallest absolute Gasteiger partial charge is 0.249 e. The minimum absolute atomic E-state index is 0.0701.